The molecule has 4 heteroatoms. The average Bonchev–Trinajstić information content (AvgIpc) is 2.23. The molecule has 1 aromatic carbocycles. The van der Waals surface area contributed by atoms with E-state index in [0.29, 0.717) is 0 Å². The van der Waals surface area contributed by atoms with Crippen LogP contribution in [-0.2, 0) is 32.6 Å². The molecule has 1 aromatic rings. The monoisotopic (exact) mass is 358 g/mol. The molecule has 1 rings (SSSR count). The maximum Gasteiger partial charge on any atom is 4.00 e. The van der Waals surface area contributed by atoms with Crippen LogP contribution in [0.5, 0.6) is 0 Å². The SMILES string of the molecule is CCCc1c(C)c(C)c(C)[c-]1C.[Cl-].[Cl-].[Cl-].[Zr+4]. The van der Waals surface area contributed by atoms with Crippen molar-refractivity contribution in [3.8, 4) is 0 Å². The molecule has 0 heterocycles. The molecule has 0 nitrogen and oxygen atoms in total. The molecule has 0 aliphatic carbocycles. The van der Waals surface area contributed by atoms with E-state index in [9.17, 15) is 0 Å². The van der Waals surface area contributed by atoms with Gasteiger partial charge in [-0.15, -0.1) is 0 Å². The van der Waals surface area contributed by atoms with Gasteiger partial charge in [0.1, 0.15) is 0 Å². The van der Waals surface area contributed by atoms with Crippen LogP contribution < -0.4 is 37.2 Å². The predicted molar refractivity (Wildman–Crippen MR) is 55.0 cm³/mol. The average molecular weight is 361 g/mol. The molecule has 0 atom stereocenters. The largest absolute Gasteiger partial charge is 4.00 e. The first-order valence-corrected chi connectivity index (χ1v) is 4.81. The molecule has 0 N–H and O–H groups in total. The van der Waals surface area contributed by atoms with Crippen LogP contribution >= 0.6 is 0 Å². The maximum absolute atomic E-state index is 2.25. The topological polar surface area (TPSA) is 0 Å². The van der Waals surface area contributed by atoms with E-state index < -0.39 is 0 Å². The van der Waals surface area contributed by atoms with Crippen molar-refractivity contribution < 1.29 is 63.4 Å². The summed E-state index contributed by atoms with van der Waals surface area (Å²) < 4.78 is 0. The summed E-state index contributed by atoms with van der Waals surface area (Å²) in [5.41, 5.74) is 7.62. The van der Waals surface area contributed by atoms with Crippen LogP contribution in [0.3, 0.4) is 0 Å². The quantitative estimate of drug-likeness (QED) is 0.462. The molecule has 0 spiro atoms. The van der Waals surface area contributed by atoms with Crippen molar-refractivity contribution in [3.05, 3.63) is 27.8 Å². The van der Waals surface area contributed by atoms with E-state index >= 15 is 0 Å². The van der Waals surface area contributed by atoms with Gasteiger partial charge < -0.3 is 37.2 Å². The minimum atomic E-state index is 0. The Bertz CT molecular complexity index is 267. The molecule has 0 saturated carbocycles. The summed E-state index contributed by atoms with van der Waals surface area (Å²) >= 11 is 0. The van der Waals surface area contributed by atoms with E-state index in [4.69, 9.17) is 0 Å². The third kappa shape index (κ3) is 5.17. The van der Waals surface area contributed by atoms with Crippen molar-refractivity contribution in [2.75, 3.05) is 0 Å². The van der Waals surface area contributed by atoms with Crippen LogP contribution in [0.15, 0.2) is 0 Å². The number of hydrogen-bond acceptors (Lipinski definition) is 0. The molecule has 0 aromatic heterocycles. The molecule has 0 saturated heterocycles. The Morgan fingerprint density at radius 3 is 1.62 bits per heavy atom. The zero-order valence-corrected chi connectivity index (χ0v) is 15.3. The summed E-state index contributed by atoms with van der Waals surface area (Å²) in [7, 11) is 0. The molecular weight excluding hydrogens is 342 g/mol. The number of hydrogen-bond donors (Lipinski definition) is 0. The van der Waals surface area contributed by atoms with Gasteiger partial charge in [-0.25, -0.2) is 0 Å². The van der Waals surface area contributed by atoms with Crippen LogP contribution in [0.2, 0.25) is 0 Å². The molecule has 16 heavy (non-hydrogen) atoms. The molecule has 0 fully saturated rings. The second kappa shape index (κ2) is 11.2. The second-order valence-corrected chi connectivity index (χ2v) is 3.73. The fourth-order valence-electron chi connectivity index (χ4n) is 1.92. The van der Waals surface area contributed by atoms with Crippen molar-refractivity contribution in [1.29, 1.82) is 0 Å². The first-order chi connectivity index (χ1) is 5.59. The van der Waals surface area contributed by atoms with Crippen LogP contribution in [0, 0.1) is 27.7 Å². The van der Waals surface area contributed by atoms with Crippen molar-refractivity contribution in [3.63, 3.8) is 0 Å². The summed E-state index contributed by atoms with van der Waals surface area (Å²) in [4.78, 5) is 0. The zero-order chi connectivity index (χ0) is 9.30. The smallest absolute Gasteiger partial charge is 1.00 e. The summed E-state index contributed by atoms with van der Waals surface area (Å²) in [5.74, 6) is 0. The Morgan fingerprint density at radius 2 is 1.38 bits per heavy atom. The Labute approximate surface area is 138 Å². The summed E-state index contributed by atoms with van der Waals surface area (Å²) in [6, 6.07) is 0. The Kier molecular flexibility index (Phi) is 18.1. The molecule has 0 aliphatic heterocycles. The van der Waals surface area contributed by atoms with Gasteiger partial charge in [0, 0.05) is 0 Å². The fraction of sp³-hybridized carbons (Fsp3) is 0.583. The maximum atomic E-state index is 2.25. The molecule has 0 bridgehead atoms. The van der Waals surface area contributed by atoms with Gasteiger partial charge in [-0.2, -0.15) is 27.8 Å². The Hall–Kier alpha value is 1.10. The summed E-state index contributed by atoms with van der Waals surface area (Å²) in [6.07, 6.45) is 2.50. The van der Waals surface area contributed by atoms with E-state index in [1.165, 1.54) is 35.1 Å². The molecule has 92 valence electrons. The van der Waals surface area contributed by atoms with Crippen molar-refractivity contribution >= 4 is 0 Å². The van der Waals surface area contributed by atoms with E-state index in [1.807, 2.05) is 0 Å². The molecule has 0 unspecified atom stereocenters. The third-order valence-corrected chi connectivity index (χ3v) is 3.09. The normalized spacial score (nSPS) is 8.06. The van der Waals surface area contributed by atoms with E-state index in [2.05, 4.69) is 34.6 Å². The van der Waals surface area contributed by atoms with Gasteiger partial charge in [-0.05, 0) is 0 Å². The van der Waals surface area contributed by atoms with Gasteiger partial charge in [0.15, 0.2) is 0 Å². The molecule has 0 aliphatic rings. The minimum Gasteiger partial charge on any atom is -1.00 e. The van der Waals surface area contributed by atoms with E-state index in [0.717, 1.165) is 0 Å². The van der Waals surface area contributed by atoms with Gasteiger partial charge in [-0.1, -0.05) is 47.5 Å². The van der Waals surface area contributed by atoms with Gasteiger partial charge in [0.05, 0.1) is 0 Å². The molecule has 0 amide bonds. The summed E-state index contributed by atoms with van der Waals surface area (Å²) in [6.45, 7) is 11.2. The standard InChI is InChI=1S/C12H19.3ClH.Zr/c1-6-7-12-10(4)8(2)9(3)11(12)5;;;;/h6-7H2,1-5H3;3*1H;/q-1;;;;+4/p-3. The van der Waals surface area contributed by atoms with E-state index in [1.54, 1.807) is 5.56 Å². The molecule has 0 radical (unpaired) electrons. The van der Waals surface area contributed by atoms with Gasteiger partial charge in [0.25, 0.3) is 0 Å². The zero-order valence-electron chi connectivity index (χ0n) is 10.5. The van der Waals surface area contributed by atoms with E-state index in [-0.39, 0.29) is 63.4 Å². The van der Waals surface area contributed by atoms with Crippen molar-refractivity contribution in [1.82, 2.24) is 0 Å². The van der Waals surface area contributed by atoms with Crippen LogP contribution in [0.1, 0.15) is 41.2 Å². The van der Waals surface area contributed by atoms with Gasteiger partial charge in [0.2, 0.25) is 0 Å². The van der Waals surface area contributed by atoms with Gasteiger partial charge in [-0.3, -0.25) is 0 Å². The van der Waals surface area contributed by atoms with Crippen LogP contribution in [-0.4, -0.2) is 0 Å². The van der Waals surface area contributed by atoms with Crippen molar-refractivity contribution in [2.45, 2.75) is 47.5 Å². The fourth-order valence-corrected chi connectivity index (χ4v) is 1.92. The Balaban J connectivity index is -0.000000180. The number of rotatable bonds is 2. The third-order valence-electron chi connectivity index (χ3n) is 3.09. The summed E-state index contributed by atoms with van der Waals surface area (Å²) in [5, 5.41) is 0. The predicted octanol–water partition coefficient (Wildman–Crippen LogP) is -5.40. The first kappa shape index (κ1) is 25.8. The van der Waals surface area contributed by atoms with Crippen molar-refractivity contribution in [2.24, 2.45) is 0 Å². The van der Waals surface area contributed by atoms with Gasteiger partial charge >= 0.3 is 26.2 Å². The number of halogens is 3. The van der Waals surface area contributed by atoms with Crippen LogP contribution in [0.25, 0.3) is 0 Å². The first-order valence-electron chi connectivity index (χ1n) is 4.81. The second-order valence-electron chi connectivity index (χ2n) is 3.73. The Morgan fingerprint density at radius 1 is 0.938 bits per heavy atom. The molecular formula is C12H19Cl3Zr. The minimum absolute atomic E-state index is 0. The van der Waals surface area contributed by atoms with Crippen LogP contribution in [0.4, 0.5) is 0 Å².